The monoisotopic (exact) mass is 449 g/mol. The molecule has 2 aliphatic heterocycles. The molecule has 0 spiro atoms. The van der Waals surface area contributed by atoms with Crippen molar-refractivity contribution in [1.29, 1.82) is 0 Å². The third-order valence-corrected chi connectivity index (χ3v) is 6.97. The van der Waals surface area contributed by atoms with Crippen LogP contribution < -0.4 is 0 Å². The van der Waals surface area contributed by atoms with Gasteiger partial charge in [0.05, 0.1) is 0 Å². The quantitative estimate of drug-likeness (QED) is 0.408. The van der Waals surface area contributed by atoms with Crippen molar-refractivity contribution in [3.05, 3.63) is 34.9 Å². The van der Waals surface area contributed by atoms with E-state index in [4.69, 9.17) is 16.6 Å². The van der Waals surface area contributed by atoms with Gasteiger partial charge in [-0.15, -0.1) is 0 Å². The number of aliphatic imine (C=N–C) groups is 1. The fourth-order valence-corrected chi connectivity index (χ4v) is 4.93. The first-order valence-corrected chi connectivity index (χ1v) is 12.0. The smallest absolute Gasteiger partial charge is 0.269 e. The highest BCUT2D eigenvalue weighted by atomic mass is 35.5. The maximum Gasteiger partial charge on any atom is 0.358 e. The molecule has 2 heterocycles. The van der Waals surface area contributed by atoms with Crippen molar-refractivity contribution in [2.75, 3.05) is 19.8 Å². The van der Waals surface area contributed by atoms with Gasteiger partial charge in [0.1, 0.15) is 6.54 Å². The molecule has 1 saturated heterocycles. The molecule has 8 heteroatoms. The Bertz CT molecular complexity index is 870. The van der Waals surface area contributed by atoms with E-state index in [0.717, 1.165) is 22.9 Å². The predicted molar refractivity (Wildman–Crippen MR) is 123 cm³/mol. The summed E-state index contributed by atoms with van der Waals surface area (Å²) in [6, 6.07) is 6.69. The molecular weight excluding hydrogens is 420 g/mol. The molecule has 6 nitrogen and oxygen atoms in total. The van der Waals surface area contributed by atoms with Crippen LogP contribution in [0, 0.1) is 0 Å². The number of fused-ring (bicyclic) bond motifs is 1. The highest BCUT2D eigenvalue weighted by molar-refractivity contribution is 8.13. The fourth-order valence-electron chi connectivity index (χ4n) is 3.71. The van der Waals surface area contributed by atoms with Crippen molar-refractivity contribution in [3.63, 3.8) is 0 Å². The van der Waals surface area contributed by atoms with Crippen molar-refractivity contribution in [1.82, 2.24) is 9.80 Å². The number of carbonyl (C=O) groups is 2. The molecule has 1 aromatic rings. The maximum absolute atomic E-state index is 13.0. The Hall–Kier alpha value is -1.86. The topological polar surface area (TPSA) is 56.0 Å². The van der Waals surface area contributed by atoms with E-state index in [1.54, 1.807) is 18.8 Å². The number of hydrogen-bond acceptors (Lipinski definition) is 4. The van der Waals surface area contributed by atoms with E-state index >= 15 is 0 Å². The number of hydrogen-bond donors (Lipinski definition) is 0. The number of thioether (sulfide) groups is 1. The molecule has 0 saturated carbocycles. The molecule has 1 aromatic carbocycles. The van der Waals surface area contributed by atoms with Gasteiger partial charge in [0.25, 0.3) is 17.8 Å². The van der Waals surface area contributed by atoms with Crippen molar-refractivity contribution < 1.29 is 14.2 Å². The summed E-state index contributed by atoms with van der Waals surface area (Å²) >= 11 is 8.05. The molecule has 0 bridgehead atoms. The summed E-state index contributed by atoms with van der Waals surface area (Å²) in [5.74, 6) is 1.19. The van der Waals surface area contributed by atoms with Crippen LogP contribution in [-0.4, -0.2) is 63.2 Å². The summed E-state index contributed by atoms with van der Waals surface area (Å²) in [7, 11) is 3.19. The van der Waals surface area contributed by atoms with E-state index in [-0.39, 0.29) is 11.9 Å². The highest BCUT2D eigenvalue weighted by Gasteiger charge is 2.53. The lowest BCUT2D eigenvalue weighted by Crippen LogP contribution is -2.61. The molecule has 2 aliphatic rings. The van der Waals surface area contributed by atoms with Crippen LogP contribution in [-0.2, 0) is 11.3 Å². The molecule has 3 amide bonds. The lowest BCUT2D eigenvalue weighted by molar-refractivity contribution is -0.548. The fraction of sp³-hybridized carbons (Fsp3) is 0.545. The molecule has 0 aromatic heterocycles. The second kappa shape index (κ2) is 10.4. The summed E-state index contributed by atoms with van der Waals surface area (Å²) in [6.45, 7) is 2.69. The zero-order valence-electron chi connectivity index (χ0n) is 17.9. The largest absolute Gasteiger partial charge is 0.358 e. The first-order chi connectivity index (χ1) is 14.5. The Morgan fingerprint density at radius 2 is 1.77 bits per heavy atom. The van der Waals surface area contributed by atoms with Crippen molar-refractivity contribution in [2.24, 2.45) is 4.99 Å². The first-order valence-electron chi connectivity index (χ1n) is 10.6. The molecule has 0 N–H and O–H groups in total. The van der Waals surface area contributed by atoms with E-state index in [1.165, 1.54) is 49.0 Å². The number of nitrogens with zero attached hydrogens (tertiary/aromatic N) is 4. The van der Waals surface area contributed by atoms with E-state index in [1.807, 2.05) is 28.8 Å². The summed E-state index contributed by atoms with van der Waals surface area (Å²) < 4.78 is 1.99. The van der Waals surface area contributed by atoms with Crippen LogP contribution in [0.25, 0.3) is 0 Å². The van der Waals surface area contributed by atoms with E-state index in [2.05, 4.69) is 6.92 Å². The van der Waals surface area contributed by atoms with Crippen LogP contribution in [0.15, 0.2) is 29.3 Å². The number of benzene rings is 1. The molecule has 1 atom stereocenters. The minimum absolute atomic E-state index is 0.251. The zero-order valence-corrected chi connectivity index (χ0v) is 19.5. The minimum Gasteiger partial charge on any atom is -0.269 e. The van der Waals surface area contributed by atoms with E-state index in [0.29, 0.717) is 17.4 Å². The summed E-state index contributed by atoms with van der Waals surface area (Å²) in [6.07, 6.45) is 7.39. The molecule has 162 valence electrons. The van der Waals surface area contributed by atoms with Gasteiger partial charge in [0.15, 0.2) is 0 Å². The standard InChI is InChI=1S/C22H30ClN4O2S/c1-4-5-6-7-8-11-14-30-21-24-19-18(20(28)26(3)22(29)25(19)2)27(21)15-16-12-9-10-13-17(16)23/h9-10,12-13,18H,4-8,11,14-15H2,1-3H3/q+1. The summed E-state index contributed by atoms with van der Waals surface area (Å²) in [5, 5.41) is 1.44. The molecule has 0 aliphatic carbocycles. The Kier molecular flexibility index (Phi) is 7.94. The van der Waals surface area contributed by atoms with Gasteiger partial charge in [-0.2, -0.15) is 0 Å². The van der Waals surface area contributed by atoms with Crippen LogP contribution in [0.1, 0.15) is 51.0 Å². The number of urea groups is 1. The molecule has 3 rings (SSSR count). The number of unbranched alkanes of at least 4 members (excludes halogenated alkanes) is 5. The van der Waals surface area contributed by atoms with Gasteiger partial charge in [0, 0.05) is 30.4 Å². The average molecular weight is 450 g/mol. The number of rotatable bonds is 9. The first kappa shape index (κ1) is 22.8. The van der Waals surface area contributed by atoms with Gasteiger partial charge in [0.2, 0.25) is 0 Å². The SMILES string of the molecule is CCCCCCCCSC1=[N+](Cc2ccccc2Cl)C2C(=O)N(C)C(=O)N(C)C2=N1. The number of carbonyl (C=O) groups excluding carboxylic acids is 2. The van der Waals surface area contributed by atoms with Crippen molar-refractivity contribution in [2.45, 2.75) is 58.0 Å². The Morgan fingerprint density at radius 1 is 1.07 bits per heavy atom. The van der Waals surface area contributed by atoms with Gasteiger partial charge in [-0.1, -0.05) is 68.8 Å². The Morgan fingerprint density at radius 3 is 2.50 bits per heavy atom. The summed E-state index contributed by atoms with van der Waals surface area (Å²) in [4.78, 5) is 32.7. The highest BCUT2D eigenvalue weighted by Crippen LogP contribution is 2.26. The van der Waals surface area contributed by atoms with E-state index < -0.39 is 6.04 Å². The maximum atomic E-state index is 13.0. The van der Waals surface area contributed by atoms with Crippen LogP contribution in [0.2, 0.25) is 5.02 Å². The predicted octanol–water partition coefficient (Wildman–Crippen LogP) is 4.61. The number of amidine groups is 2. The molecule has 1 unspecified atom stereocenters. The zero-order chi connectivity index (χ0) is 21.7. The third-order valence-electron chi connectivity index (χ3n) is 5.52. The normalized spacial score (nSPS) is 18.9. The Balaban J connectivity index is 1.79. The van der Waals surface area contributed by atoms with Crippen LogP contribution in [0.3, 0.4) is 0 Å². The van der Waals surface area contributed by atoms with Gasteiger partial charge in [-0.3, -0.25) is 14.6 Å². The number of likely N-dealkylation sites (N-methyl/N-ethyl adjacent to an activating group) is 2. The van der Waals surface area contributed by atoms with Crippen molar-refractivity contribution >= 4 is 46.3 Å². The van der Waals surface area contributed by atoms with Crippen LogP contribution >= 0.6 is 23.4 Å². The van der Waals surface area contributed by atoms with Crippen LogP contribution in [0.4, 0.5) is 4.79 Å². The molecule has 0 radical (unpaired) electrons. The average Bonchev–Trinajstić information content (AvgIpc) is 3.10. The molecule has 1 fully saturated rings. The lowest BCUT2D eigenvalue weighted by Gasteiger charge is -2.30. The number of imide groups is 1. The second-order valence-electron chi connectivity index (χ2n) is 7.73. The minimum atomic E-state index is -0.596. The van der Waals surface area contributed by atoms with Gasteiger partial charge in [-0.25, -0.2) is 9.37 Å². The lowest BCUT2D eigenvalue weighted by atomic mass is 10.1. The van der Waals surface area contributed by atoms with Crippen LogP contribution in [0.5, 0.6) is 0 Å². The van der Waals surface area contributed by atoms with Crippen molar-refractivity contribution in [3.8, 4) is 0 Å². The van der Waals surface area contributed by atoms with Gasteiger partial charge < -0.3 is 0 Å². The second-order valence-corrected chi connectivity index (χ2v) is 9.20. The van der Waals surface area contributed by atoms with Gasteiger partial charge >= 0.3 is 11.2 Å². The molecular formula is C22H30ClN4O2S+. The van der Waals surface area contributed by atoms with E-state index in [9.17, 15) is 9.59 Å². The molecule has 30 heavy (non-hydrogen) atoms. The third kappa shape index (κ3) is 4.89. The summed E-state index contributed by atoms with van der Waals surface area (Å²) in [5.41, 5.74) is 0.934. The van der Waals surface area contributed by atoms with Gasteiger partial charge in [-0.05, 0) is 29.2 Å². The number of amides is 3. The number of halogens is 1. The Labute approximate surface area is 188 Å².